The minimum atomic E-state index is -0.871. The molecule has 9 N–H and O–H groups in total. The summed E-state index contributed by atoms with van der Waals surface area (Å²) in [6.07, 6.45) is 0.0306. The number of aromatic hydroxyl groups is 9. The minimum absolute atomic E-state index is 0.0109. The van der Waals surface area contributed by atoms with Gasteiger partial charge < -0.3 is 46.0 Å². The van der Waals surface area contributed by atoms with Gasteiger partial charge in [-0.2, -0.15) is 0 Å². The Bertz CT molecular complexity index is 1770. The lowest BCUT2D eigenvalue weighted by Gasteiger charge is -2.36. The van der Waals surface area contributed by atoms with E-state index in [1.165, 1.54) is 84.9 Å². The van der Waals surface area contributed by atoms with Gasteiger partial charge in [-0.1, -0.05) is 36.4 Å². The molecule has 0 spiro atoms. The molecule has 3 atom stereocenters. The highest BCUT2D eigenvalue weighted by Crippen LogP contribution is 2.54. The highest BCUT2D eigenvalue weighted by atomic mass is 16.3. The zero-order chi connectivity index (χ0) is 30.8. The van der Waals surface area contributed by atoms with Crippen LogP contribution >= 0.6 is 0 Å². The highest BCUT2D eigenvalue weighted by molar-refractivity contribution is 5.55. The zero-order valence-corrected chi connectivity index (χ0v) is 22.7. The Labute approximate surface area is 246 Å². The lowest BCUT2D eigenvalue weighted by molar-refractivity contribution is 0.393. The molecule has 0 heterocycles. The van der Waals surface area contributed by atoms with Crippen LogP contribution < -0.4 is 0 Å². The first-order chi connectivity index (χ1) is 20.5. The van der Waals surface area contributed by atoms with E-state index in [1.54, 1.807) is 12.1 Å². The first-order valence-electron chi connectivity index (χ1n) is 13.4. The monoisotopic (exact) mass is 582 g/mol. The van der Waals surface area contributed by atoms with Crippen molar-refractivity contribution in [3.8, 4) is 51.7 Å². The van der Waals surface area contributed by atoms with Crippen LogP contribution in [-0.4, -0.2) is 46.0 Å². The number of rotatable bonds is 8. The van der Waals surface area contributed by atoms with Crippen LogP contribution in [0, 0.1) is 0 Å². The Balaban J connectivity index is 1.85. The van der Waals surface area contributed by atoms with Crippen molar-refractivity contribution in [2.75, 3.05) is 0 Å². The molecule has 220 valence electrons. The van der Waals surface area contributed by atoms with Gasteiger partial charge in [0.05, 0.1) is 0 Å². The Kier molecular flexibility index (Phi) is 7.81. The van der Waals surface area contributed by atoms with E-state index in [-0.39, 0.29) is 58.2 Å². The van der Waals surface area contributed by atoms with Gasteiger partial charge in [-0.15, -0.1) is 0 Å². The molecule has 0 aromatic heterocycles. The van der Waals surface area contributed by atoms with E-state index in [9.17, 15) is 46.0 Å². The molecule has 5 rings (SSSR count). The molecular weight excluding hydrogens is 552 g/mol. The van der Waals surface area contributed by atoms with Crippen LogP contribution in [0.2, 0.25) is 0 Å². The van der Waals surface area contributed by atoms with Crippen LogP contribution in [0.15, 0.2) is 97.1 Å². The molecule has 0 saturated carbocycles. The molecule has 43 heavy (non-hydrogen) atoms. The fourth-order valence-corrected chi connectivity index (χ4v) is 5.74. The Hall–Kier alpha value is -5.70. The summed E-state index contributed by atoms with van der Waals surface area (Å²) in [4.78, 5) is 0. The smallest absolute Gasteiger partial charge is 0.123 e. The molecule has 9 nitrogen and oxygen atoms in total. The van der Waals surface area contributed by atoms with Gasteiger partial charge in [0.2, 0.25) is 0 Å². The molecule has 0 aliphatic rings. The van der Waals surface area contributed by atoms with Crippen LogP contribution in [0.4, 0.5) is 0 Å². The molecule has 5 aromatic rings. The maximum atomic E-state index is 11.2. The fourth-order valence-electron chi connectivity index (χ4n) is 5.74. The number of hydrogen-bond acceptors (Lipinski definition) is 9. The summed E-state index contributed by atoms with van der Waals surface area (Å²) < 4.78 is 0. The van der Waals surface area contributed by atoms with Crippen molar-refractivity contribution >= 4 is 0 Å². The van der Waals surface area contributed by atoms with E-state index in [0.29, 0.717) is 27.8 Å². The van der Waals surface area contributed by atoms with Gasteiger partial charge in [0, 0.05) is 41.7 Å². The molecule has 0 radical (unpaired) electrons. The second-order valence-corrected chi connectivity index (χ2v) is 10.4. The number of benzene rings is 5. The van der Waals surface area contributed by atoms with Gasteiger partial charge in [-0.25, -0.2) is 0 Å². The van der Waals surface area contributed by atoms with Crippen LogP contribution in [0.5, 0.6) is 51.7 Å². The van der Waals surface area contributed by atoms with Gasteiger partial charge in [0.1, 0.15) is 51.7 Å². The van der Waals surface area contributed by atoms with Crippen molar-refractivity contribution < 1.29 is 46.0 Å². The van der Waals surface area contributed by atoms with Gasteiger partial charge >= 0.3 is 0 Å². The van der Waals surface area contributed by atoms with Gasteiger partial charge in [0.15, 0.2) is 0 Å². The molecule has 0 bridgehead atoms. The fraction of sp³-hybridized carbons (Fsp3) is 0.118. The van der Waals surface area contributed by atoms with Gasteiger partial charge in [-0.05, 0) is 71.0 Å². The summed E-state index contributed by atoms with van der Waals surface area (Å²) in [5.74, 6) is -4.29. The lowest BCUT2D eigenvalue weighted by Crippen LogP contribution is -2.23. The molecular formula is C34H30O9. The average molecular weight is 583 g/mol. The molecule has 0 saturated heterocycles. The summed E-state index contributed by atoms with van der Waals surface area (Å²) >= 11 is 0. The first kappa shape index (κ1) is 28.8. The number of hydrogen-bond donors (Lipinski definition) is 9. The highest BCUT2D eigenvalue weighted by Gasteiger charge is 2.38. The number of phenolic OH excluding ortho intramolecular Hbond substituents is 9. The predicted octanol–water partition coefficient (Wildman–Crippen LogP) is 5.98. The van der Waals surface area contributed by atoms with E-state index in [0.717, 1.165) is 0 Å². The summed E-state index contributed by atoms with van der Waals surface area (Å²) in [5.41, 5.74) is 1.93. The first-order valence-corrected chi connectivity index (χ1v) is 13.4. The van der Waals surface area contributed by atoms with E-state index >= 15 is 0 Å². The third kappa shape index (κ3) is 6.01. The third-order valence-electron chi connectivity index (χ3n) is 7.69. The lowest BCUT2D eigenvalue weighted by atomic mass is 9.66. The maximum Gasteiger partial charge on any atom is 0.123 e. The largest absolute Gasteiger partial charge is 0.508 e. The minimum Gasteiger partial charge on any atom is -0.508 e. The third-order valence-corrected chi connectivity index (χ3v) is 7.69. The summed E-state index contributed by atoms with van der Waals surface area (Å²) in [6, 6.07) is 22.6. The summed E-state index contributed by atoms with van der Waals surface area (Å²) in [5, 5.41) is 94.6. The molecule has 0 aliphatic heterocycles. The molecule has 9 heteroatoms. The van der Waals surface area contributed by atoms with E-state index in [1.807, 2.05) is 0 Å². The topological polar surface area (TPSA) is 182 Å². The standard InChI is InChI=1S/C34H30O9/c35-20-4-1-18(2-5-20)33(26-11-8-23(38)16-31(26)42)34(27-12-9-24(39)17-32(27)43)28(25-10-7-22(37)15-30(25)41)13-19-3-6-21(36)14-29(19)40/h1-12,14-17,28,33-43H,13H2. The molecule has 0 amide bonds. The quantitative estimate of drug-likeness (QED) is 0.106. The Morgan fingerprint density at radius 3 is 1.30 bits per heavy atom. The van der Waals surface area contributed by atoms with Crippen LogP contribution in [0.3, 0.4) is 0 Å². The molecule has 3 unspecified atom stereocenters. The second kappa shape index (κ2) is 11.7. The average Bonchev–Trinajstić information content (AvgIpc) is 2.94. The van der Waals surface area contributed by atoms with Crippen LogP contribution in [0.1, 0.15) is 45.6 Å². The van der Waals surface area contributed by atoms with Crippen LogP contribution in [0.25, 0.3) is 0 Å². The predicted molar refractivity (Wildman–Crippen MR) is 158 cm³/mol. The zero-order valence-electron chi connectivity index (χ0n) is 22.7. The van der Waals surface area contributed by atoms with E-state index < -0.39 is 17.8 Å². The summed E-state index contributed by atoms with van der Waals surface area (Å²) in [6.45, 7) is 0. The molecule has 0 aliphatic carbocycles. The van der Waals surface area contributed by atoms with Crippen LogP contribution in [-0.2, 0) is 6.42 Å². The van der Waals surface area contributed by atoms with Crippen molar-refractivity contribution in [3.63, 3.8) is 0 Å². The van der Waals surface area contributed by atoms with Crippen molar-refractivity contribution in [2.45, 2.75) is 24.2 Å². The van der Waals surface area contributed by atoms with Crippen molar-refractivity contribution in [1.82, 2.24) is 0 Å². The molecule has 5 aromatic carbocycles. The van der Waals surface area contributed by atoms with Gasteiger partial charge in [-0.3, -0.25) is 0 Å². The van der Waals surface area contributed by atoms with Crippen molar-refractivity contribution in [3.05, 3.63) is 125 Å². The molecule has 0 fully saturated rings. The van der Waals surface area contributed by atoms with E-state index in [2.05, 4.69) is 0 Å². The SMILES string of the molecule is Oc1ccc(C(c2ccc(O)cc2O)C(c2ccc(O)cc2O)C(Cc2ccc(O)cc2O)c2ccc(O)cc2O)cc1. The Morgan fingerprint density at radius 2 is 0.814 bits per heavy atom. The van der Waals surface area contributed by atoms with Gasteiger partial charge in [0.25, 0.3) is 0 Å². The number of phenols is 9. The van der Waals surface area contributed by atoms with Crippen molar-refractivity contribution in [2.24, 2.45) is 0 Å². The second-order valence-electron chi connectivity index (χ2n) is 10.4. The Morgan fingerprint density at radius 1 is 0.395 bits per heavy atom. The normalized spacial score (nSPS) is 13.3. The van der Waals surface area contributed by atoms with E-state index in [4.69, 9.17) is 0 Å². The van der Waals surface area contributed by atoms with Crippen molar-refractivity contribution in [1.29, 1.82) is 0 Å². The summed E-state index contributed by atoms with van der Waals surface area (Å²) in [7, 11) is 0. The maximum absolute atomic E-state index is 11.2.